The van der Waals surface area contributed by atoms with Crippen molar-refractivity contribution in [2.75, 3.05) is 13.2 Å². The highest BCUT2D eigenvalue weighted by atomic mass is 19.2. The second-order valence-corrected chi connectivity index (χ2v) is 9.24. The number of halogens is 3. The second-order valence-electron chi connectivity index (χ2n) is 9.24. The van der Waals surface area contributed by atoms with Crippen LogP contribution in [0.1, 0.15) is 60.9 Å². The van der Waals surface area contributed by atoms with E-state index in [2.05, 4.69) is 6.58 Å². The molecule has 0 N–H and O–H groups in total. The lowest BCUT2D eigenvalue weighted by atomic mass is 9.82. The van der Waals surface area contributed by atoms with E-state index in [4.69, 9.17) is 14.2 Å². The molecule has 0 atom stereocenters. The van der Waals surface area contributed by atoms with Crippen molar-refractivity contribution in [3.05, 3.63) is 95.8 Å². The minimum atomic E-state index is -0.876. The van der Waals surface area contributed by atoms with Gasteiger partial charge in [0.2, 0.25) is 0 Å². The summed E-state index contributed by atoms with van der Waals surface area (Å²) in [6.07, 6.45) is 3.97. The molecule has 1 saturated carbocycles. The number of rotatable bonds is 10. The van der Waals surface area contributed by atoms with Crippen LogP contribution >= 0.6 is 0 Å². The van der Waals surface area contributed by atoms with Gasteiger partial charge in [-0.15, -0.1) is 6.58 Å². The lowest BCUT2D eigenvalue weighted by molar-refractivity contribution is 0.0193. The highest BCUT2D eigenvalue weighted by Gasteiger charge is 2.29. The molecule has 0 radical (unpaired) electrons. The molecule has 1 aliphatic carbocycles. The van der Waals surface area contributed by atoms with Crippen LogP contribution < -0.4 is 9.47 Å². The zero-order valence-corrected chi connectivity index (χ0v) is 21.4. The molecule has 3 aromatic carbocycles. The molecule has 1 aliphatic rings. The summed E-state index contributed by atoms with van der Waals surface area (Å²) in [5, 5.41) is 0. The van der Waals surface area contributed by atoms with Crippen molar-refractivity contribution < 1.29 is 32.2 Å². The summed E-state index contributed by atoms with van der Waals surface area (Å²) in [5.74, 6) is -2.44. The van der Waals surface area contributed by atoms with Gasteiger partial charge in [0.25, 0.3) is 0 Å². The molecule has 0 aromatic heterocycles. The summed E-state index contributed by atoms with van der Waals surface area (Å²) >= 11 is 0. The Hall–Kier alpha value is -3.74. The predicted molar refractivity (Wildman–Crippen MR) is 140 cm³/mol. The number of benzene rings is 3. The van der Waals surface area contributed by atoms with Gasteiger partial charge in [-0.25, -0.2) is 18.0 Å². The van der Waals surface area contributed by atoms with Gasteiger partial charge in [-0.2, -0.15) is 0 Å². The van der Waals surface area contributed by atoms with Crippen molar-refractivity contribution in [2.45, 2.75) is 51.0 Å². The molecule has 38 heavy (non-hydrogen) atoms. The van der Waals surface area contributed by atoms with E-state index in [9.17, 15) is 9.18 Å². The Balaban J connectivity index is 1.35. The zero-order valence-electron chi connectivity index (χ0n) is 21.4. The van der Waals surface area contributed by atoms with Crippen molar-refractivity contribution >= 4 is 5.97 Å². The van der Waals surface area contributed by atoms with E-state index in [0.717, 1.165) is 6.07 Å². The van der Waals surface area contributed by atoms with E-state index in [1.54, 1.807) is 42.5 Å². The number of carbonyl (C=O) groups is 1. The van der Waals surface area contributed by atoms with Crippen LogP contribution in [0.5, 0.6) is 11.5 Å². The number of hydrogen-bond donors (Lipinski definition) is 0. The molecule has 0 saturated heterocycles. The maximum Gasteiger partial charge on any atom is 0.338 e. The summed E-state index contributed by atoms with van der Waals surface area (Å²) in [7, 11) is 0. The van der Waals surface area contributed by atoms with Crippen LogP contribution in [0.15, 0.2) is 67.3 Å². The number of hydrogen-bond acceptors (Lipinski definition) is 4. The molecule has 0 heterocycles. The van der Waals surface area contributed by atoms with Crippen molar-refractivity contribution in [1.82, 2.24) is 0 Å². The summed E-state index contributed by atoms with van der Waals surface area (Å²) in [6, 6.07) is 14.1. The Morgan fingerprint density at radius 2 is 1.68 bits per heavy atom. The first kappa shape index (κ1) is 27.3. The Labute approximate surface area is 221 Å². The third kappa shape index (κ3) is 6.39. The van der Waals surface area contributed by atoms with E-state index in [1.165, 1.54) is 12.1 Å². The van der Waals surface area contributed by atoms with Crippen molar-refractivity contribution in [3.63, 3.8) is 0 Å². The lowest BCUT2D eigenvalue weighted by Gasteiger charge is -2.29. The number of carbonyl (C=O) groups excluding carboxylic acids is 1. The molecular formula is C31H31F3O4. The average molecular weight is 525 g/mol. The van der Waals surface area contributed by atoms with Gasteiger partial charge in [-0.05, 0) is 86.4 Å². The minimum absolute atomic E-state index is 0.0618. The lowest BCUT2D eigenvalue weighted by Crippen LogP contribution is -2.24. The van der Waals surface area contributed by atoms with Crippen LogP contribution in [0.2, 0.25) is 0 Å². The Kier molecular flexibility index (Phi) is 9.10. The van der Waals surface area contributed by atoms with Gasteiger partial charge in [-0.3, -0.25) is 0 Å². The first-order valence-electron chi connectivity index (χ1n) is 12.9. The Morgan fingerprint density at radius 1 is 0.947 bits per heavy atom. The van der Waals surface area contributed by atoms with Gasteiger partial charge in [0.1, 0.15) is 11.9 Å². The van der Waals surface area contributed by atoms with Crippen LogP contribution in [-0.2, 0) is 4.74 Å². The standard InChI is InChI=1S/C31H31F3O4/c1-3-5-18-37-28-17-10-22(19-27(28)32)31(35)38-24-13-8-21(9-14-24)26-16-15-25(29(33)30(26)34)20-6-11-23(12-7-20)36-4-2/h3,6-7,10-12,15-17,19,21,24H,1,4-5,8-9,13-14,18H2,2H3. The largest absolute Gasteiger partial charge is 0.494 e. The van der Waals surface area contributed by atoms with Crippen LogP contribution in [0.25, 0.3) is 11.1 Å². The third-order valence-corrected chi connectivity index (χ3v) is 6.72. The molecule has 3 aromatic rings. The molecule has 0 bridgehead atoms. The summed E-state index contributed by atoms with van der Waals surface area (Å²) in [4.78, 5) is 12.6. The summed E-state index contributed by atoms with van der Waals surface area (Å²) < 4.78 is 60.7. The van der Waals surface area contributed by atoms with Crippen molar-refractivity contribution in [1.29, 1.82) is 0 Å². The van der Waals surface area contributed by atoms with E-state index in [-0.39, 0.29) is 28.9 Å². The average Bonchev–Trinajstić information content (AvgIpc) is 2.92. The zero-order chi connectivity index (χ0) is 27.1. The van der Waals surface area contributed by atoms with E-state index >= 15 is 8.78 Å². The summed E-state index contributed by atoms with van der Waals surface area (Å²) in [5.41, 5.74) is 1.19. The molecular weight excluding hydrogens is 493 g/mol. The number of ether oxygens (including phenoxy) is 3. The molecule has 0 amide bonds. The second kappa shape index (κ2) is 12.7. The van der Waals surface area contributed by atoms with Gasteiger partial charge in [0, 0.05) is 5.56 Å². The fraction of sp³-hybridized carbons (Fsp3) is 0.323. The maximum absolute atomic E-state index is 15.1. The minimum Gasteiger partial charge on any atom is -0.494 e. The molecule has 7 heteroatoms. The number of esters is 1. The highest BCUT2D eigenvalue weighted by Crippen LogP contribution is 2.38. The van der Waals surface area contributed by atoms with Gasteiger partial charge in [0.15, 0.2) is 23.2 Å². The van der Waals surface area contributed by atoms with E-state index < -0.39 is 23.4 Å². The Bertz CT molecular complexity index is 1260. The molecule has 0 spiro atoms. The van der Waals surface area contributed by atoms with Crippen LogP contribution in [0.3, 0.4) is 0 Å². The molecule has 200 valence electrons. The van der Waals surface area contributed by atoms with Gasteiger partial charge in [-0.1, -0.05) is 30.3 Å². The molecule has 4 rings (SSSR count). The molecule has 0 unspecified atom stereocenters. The molecule has 0 aliphatic heterocycles. The quantitative estimate of drug-likeness (QED) is 0.153. The van der Waals surface area contributed by atoms with Crippen LogP contribution in [0, 0.1) is 17.5 Å². The molecule has 1 fully saturated rings. The fourth-order valence-electron chi connectivity index (χ4n) is 4.71. The highest BCUT2D eigenvalue weighted by molar-refractivity contribution is 5.89. The monoisotopic (exact) mass is 524 g/mol. The first-order chi connectivity index (χ1) is 18.4. The van der Waals surface area contributed by atoms with Crippen LogP contribution in [0.4, 0.5) is 13.2 Å². The van der Waals surface area contributed by atoms with Gasteiger partial charge >= 0.3 is 5.97 Å². The topological polar surface area (TPSA) is 44.8 Å². The van der Waals surface area contributed by atoms with Gasteiger partial charge in [0.05, 0.1) is 18.8 Å². The first-order valence-corrected chi connectivity index (χ1v) is 12.9. The third-order valence-electron chi connectivity index (χ3n) is 6.72. The SMILES string of the molecule is C=CCCOc1ccc(C(=O)OC2CCC(c3ccc(-c4ccc(OCC)cc4)c(F)c3F)CC2)cc1F. The molecule has 4 nitrogen and oxygen atoms in total. The normalized spacial score (nSPS) is 17.1. The van der Waals surface area contributed by atoms with Gasteiger partial charge < -0.3 is 14.2 Å². The van der Waals surface area contributed by atoms with Crippen molar-refractivity contribution in [3.8, 4) is 22.6 Å². The van der Waals surface area contributed by atoms with E-state index in [0.29, 0.717) is 62.2 Å². The fourth-order valence-corrected chi connectivity index (χ4v) is 4.71. The van der Waals surface area contributed by atoms with Crippen LogP contribution in [-0.4, -0.2) is 25.3 Å². The smallest absolute Gasteiger partial charge is 0.338 e. The maximum atomic E-state index is 15.1. The van der Waals surface area contributed by atoms with E-state index in [1.807, 2.05) is 6.92 Å². The Morgan fingerprint density at radius 3 is 2.34 bits per heavy atom. The predicted octanol–water partition coefficient (Wildman–Crippen LogP) is 8.01. The summed E-state index contributed by atoms with van der Waals surface area (Å²) in [6.45, 7) is 6.28. The van der Waals surface area contributed by atoms with Crippen molar-refractivity contribution in [2.24, 2.45) is 0 Å².